The van der Waals surface area contributed by atoms with Crippen molar-refractivity contribution >= 4 is 29.3 Å². The molecule has 5 N–H and O–H groups in total. The van der Waals surface area contributed by atoms with E-state index in [2.05, 4.69) is 10.6 Å². The lowest BCUT2D eigenvalue weighted by atomic mass is 9.89. The van der Waals surface area contributed by atoms with Crippen molar-refractivity contribution in [2.24, 2.45) is 23.7 Å². The minimum atomic E-state index is -0.936. The Morgan fingerprint density at radius 2 is 1.53 bits per heavy atom. The number of carbonyl (C=O) groups is 4. The number of aliphatic hydroxyl groups is 1. The minimum absolute atomic E-state index is 0.0224. The maximum absolute atomic E-state index is 14.2. The first-order valence-corrected chi connectivity index (χ1v) is 19.2. The number of hydrogen-bond donors (Lipinski definition) is 4. The number of likely N-dealkylation sites (N-methyl/N-ethyl adjacent to an activating group) is 2. The Morgan fingerprint density at radius 1 is 0.925 bits per heavy atom. The summed E-state index contributed by atoms with van der Waals surface area (Å²) in [6.45, 7) is 15.9. The normalized spacial score (nSPS) is 19.9. The third-order valence-corrected chi connectivity index (χ3v) is 11.1. The van der Waals surface area contributed by atoms with Gasteiger partial charge in [0.1, 0.15) is 6.04 Å². The van der Waals surface area contributed by atoms with E-state index in [9.17, 15) is 24.3 Å². The van der Waals surface area contributed by atoms with Gasteiger partial charge < -0.3 is 40.7 Å². The van der Waals surface area contributed by atoms with E-state index in [0.717, 1.165) is 12.8 Å². The fraction of sp³-hybridized carbons (Fsp3) is 0.750. The highest BCUT2D eigenvalue weighted by atomic mass is 16.5. The van der Waals surface area contributed by atoms with E-state index in [-0.39, 0.29) is 53.8 Å². The number of rotatable bonds is 20. The van der Waals surface area contributed by atoms with Crippen LogP contribution >= 0.6 is 0 Å². The van der Waals surface area contributed by atoms with E-state index in [1.807, 2.05) is 60.5 Å². The first-order chi connectivity index (χ1) is 24.8. The predicted molar refractivity (Wildman–Crippen MR) is 209 cm³/mol. The number of nitrogens with zero attached hydrogens (tertiary/aromatic N) is 3. The van der Waals surface area contributed by atoms with E-state index in [1.54, 1.807) is 69.2 Å². The standard InChI is InChI=1S/C40H70N6O7/c1-14-25(6)35(45(11)40(51)33(23(2)3)43-39(50)34(24(4)5)44(9)10)31(52-12)22-32(47)46-21-15-16-30(46)37(53-13)26(7)38(49)42-27(8)36(48)28-17-19-29(41)20-18-28/h17-20,23-27,30-31,33-37,48H,14-16,21-22,41H2,1-13H3,(H,42,49)(H,43,50)/t25?,26?,27-,30?,31?,33+,34+,35?,36-,37?/m1/s1. The summed E-state index contributed by atoms with van der Waals surface area (Å²) in [5.41, 5.74) is 7.01. The van der Waals surface area contributed by atoms with Crippen molar-refractivity contribution in [2.75, 3.05) is 47.6 Å². The predicted octanol–water partition coefficient (Wildman–Crippen LogP) is 3.45. The molecule has 1 fully saturated rings. The fourth-order valence-electron chi connectivity index (χ4n) is 7.83. The molecule has 0 spiro atoms. The summed E-state index contributed by atoms with van der Waals surface area (Å²) in [7, 11) is 8.55. The first-order valence-electron chi connectivity index (χ1n) is 19.2. The lowest BCUT2D eigenvalue weighted by Gasteiger charge is -2.41. The zero-order chi connectivity index (χ0) is 40.3. The van der Waals surface area contributed by atoms with Crippen molar-refractivity contribution in [2.45, 2.75) is 130 Å². The van der Waals surface area contributed by atoms with Gasteiger partial charge in [0, 0.05) is 33.5 Å². The zero-order valence-electron chi connectivity index (χ0n) is 34.6. The number of carbonyl (C=O) groups excluding carboxylic acids is 4. The fourth-order valence-corrected chi connectivity index (χ4v) is 7.83. The van der Waals surface area contributed by atoms with E-state index in [1.165, 1.54) is 0 Å². The van der Waals surface area contributed by atoms with Gasteiger partial charge in [-0.1, -0.05) is 67.0 Å². The van der Waals surface area contributed by atoms with Crippen LogP contribution in [0.2, 0.25) is 0 Å². The number of nitrogens with two attached hydrogens (primary N) is 1. The van der Waals surface area contributed by atoms with Gasteiger partial charge in [0.15, 0.2) is 0 Å². The Labute approximate surface area is 318 Å². The third-order valence-electron chi connectivity index (χ3n) is 11.1. The first kappa shape index (κ1) is 45.9. The summed E-state index contributed by atoms with van der Waals surface area (Å²) in [4.78, 5) is 60.6. The smallest absolute Gasteiger partial charge is 0.245 e. The highest BCUT2D eigenvalue weighted by Gasteiger charge is 2.43. The minimum Gasteiger partial charge on any atom is -0.399 e. The van der Waals surface area contributed by atoms with Gasteiger partial charge in [-0.2, -0.15) is 0 Å². The van der Waals surface area contributed by atoms with Gasteiger partial charge in [0.2, 0.25) is 23.6 Å². The highest BCUT2D eigenvalue weighted by molar-refractivity contribution is 5.90. The number of amides is 4. The van der Waals surface area contributed by atoms with Crippen molar-refractivity contribution in [3.63, 3.8) is 0 Å². The second-order valence-electron chi connectivity index (χ2n) is 15.9. The molecule has 302 valence electrons. The van der Waals surface area contributed by atoms with Crippen LogP contribution in [0.1, 0.15) is 92.7 Å². The summed E-state index contributed by atoms with van der Waals surface area (Å²) in [6, 6.07) is 4.32. The summed E-state index contributed by atoms with van der Waals surface area (Å²) >= 11 is 0. The van der Waals surface area contributed by atoms with Gasteiger partial charge in [-0.05, 0) is 69.3 Å². The molecule has 1 heterocycles. The Balaban J connectivity index is 2.25. The van der Waals surface area contributed by atoms with Crippen LogP contribution in [-0.4, -0.2) is 128 Å². The Hall–Kier alpha value is -3.26. The molecule has 6 unspecified atom stereocenters. The van der Waals surface area contributed by atoms with Crippen LogP contribution in [0.15, 0.2) is 24.3 Å². The molecule has 0 aliphatic carbocycles. The van der Waals surface area contributed by atoms with E-state index in [0.29, 0.717) is 24.2 Å². The molecule has 10 atom stereocenters. The Morgan fingerprint density at radius 3 is 2.02 bits per heavy atom. The van der Waals surface area contributed by atoms with E-state index in [4.69, 9.17) is 15.2 Å². The van der Waals surface area contributed by atoms with Crippen LogP contribution < -0.4 is 16.4 Å². The average Bonchev–Trinajstić information content (AvgIpc) is 3.59. The summed E-state index contributed by atoms with van der Waals surface area (Å²) in [6.07, 6.45) is 0.0214. The van der Waals surface area contributed by atoms with Crippen molar-refractivity contribution in [1.29, 1.82) is 0 Å². The molecule has 1 aromatic carbocycles. The van der Waals surface area contributed by atoms with Crippen molar-refractivity contribution in [3.05, 3.63) is 29.8 Å². The van der Waals surface area contributed by atoms with Gasteiger partial charge in [-0.3, -0.25) is 24.1 Å². The molecule has 4 amide bonds. The molecule has 13 heteroatoms. The molecular formula is C40H70N6O7. The molecule has 0 bridgehead atoms. The maximum atomic E-state index is 14.2. The van der Waals surface area contributed by atoms with E-state index >= 15 is 0 Å². The molecule has 2 rings (SSSR count). The molecule has 53 heavy (non-hydrogen) atoms. The van der Waals surface area contributed by atoms with Gasteiger partial charge in [0.25, 0.3) is 0 Å². The van der Waals surface area contributed by atoms with Gasteiger partial charge in [0.05, 0.1) is 54.8 Å². The van der Waals surface area contributed by atoms with Gasteiger partial charge in [-0.15, -0.1) is 0 Å². The molecule has 1 aliphatic rings. The quantitative estimate of drug-likeness (QED) is 0.146. The monoisotopic (exact) mass is 747 g/mol. The van der Waals surface area contributed by atoms with Crippen LogP contribution in [0, 0.1) is 23.7 Å². The Kier molecular flexibility index (Phi) is 18.2. The second kappa shape index (κ2) is 21.0. The van der Waals surface area contributed by atoms with Gasteiger partial charge in [-0.25, -0.2) is 0 Å². The third kappa shape index (κ3) is 11.9. The number of benzene rings is 1. The molecule has 1 saturated heterocycles. The van der Waals surface area contributed by atoms with Crippen LogP contribution in [0.5, 0.6) is 0 Å². The zero-order valence-corrected chi connectivity index (χ0v) is 34.6. The molecule has 0 aromatic heterocycles. The van der Waals surface area contributed by atoms with Crippen molar-refractivity contribution < 1.29 is 33.8 Å². The topological polar surface area (TPSA) is 167 Å². The van der Waals surface area contributed by atoms with Crippen molar-refractivity contribution in [3.8, 4) is 0 Å². The van der Waals surface area contributed by atoms with Crippen molar-refractivity contribution in [1.82, 2.24) is 25.3 Å². The number of methoxy groups -OCH3 is 2. The summed E-state index contributed by atoms with van der Waals surface area (Å²) < 4.78 is 11.9. The van der Waals surface area contributed by atoms with E-state index < -0.39 is 48.4 Å². The SMILES string of the molecule is CCC(C)C(C(CC(=O)N1CCCC1C(OC)C(C)C(=O)N[C@H](C)[C@@H](O)c1ccc(N)cc1)OC)N(C)C(=O)[C@@H](NC(=O)[C@H](C(C)C)N(C)C)C(C)C. The molecular weight excluding hydrogens is 676 g/mol. The van der Waals surface area contributed by atoms with Gasteiger partial charge >= 0.3 is 0 Å². The lowest BCUT2D eigenvalue weighted by Crippen LogP contribution is -2.59. The average molecular weight is 747 g/mol. The largest absolute Gasteiger partial charge is 0.399 e. The number of hydrogen-bond acceptors (Lipinski definition) is 9. The van der Waals surface area contributed by atoms with Crippen LogP contribution in [0.3, 0.4) is 0 Å². The molecule has 0 saturated carbocycles. The number of nitrogen functional groups attached to an aromatic ring is 1. The molecule has 13 nitrogen and oxygen atoms in total. The van der Waals surface area contributed by atoms with Crippen LogP contribution in [0.25, 0.3) is 0 Å². The molecule has 1 aliphatic heterocycles. The molecule has 0 radical (unpaired) electrons. The van der Waals surface area contributed by atoms with Crippen LogP contribution in [-0.2, 0) is 28.7 Å². The number of anilines is 1. The second-order valence-corrected chi connectivity index (χ2v) is 15.9. The summed E-state index contributed by atoms with van der Waals surface area (Å²) in [5.74, 6) is -1.65. The number of ether oxygens (including phenoxy) is 2. The maximum Gasteiger partial charge on any atom is 0.245 e. The van der Waals surface area contributed by atoms with Crippen LogP contribution in [0.4, 0.5) is 5.69 Å². The number of likely N-dealkylation sites (tertiary alicyclic amines) is 1. The number of aliphatic hydroxyl groups excluding tert-OH is 1. The highest BCUT2D eigenvalue weighted by Crippen LogP contribution is 2.30. The lowest BCUT2D eigenvalue weighted by molar-refractivity contribution is -0.148. The number of nitrogens with one attached hydrogen (secondary N) is 2. The summed E-state index contributed by atoms with van der Waals surface area (Å²) in [5, 5.41) is 16.8. The molecule has 1 aromatic rings. The Bertz CT molecular complexity index is 1320.